The fourth-order valence-electron chi connectivity index (χ4n) is 3.09. The molecular weight excluding hydrogens is 376 g/mol. The van der Waals surface area contributed by atoms with Gasteiger partial charge in [0.05, 0.1) is 25.0 Å². The average molecular weight is 405 g/mol. The van der Waals surface area contributed by atoms with Gasteiger partial charge < -0.3 is 20.5 Å². The van der Waals surface area contributed by atoms with Crippen molar-refractivity contribution < 1.29 is 4.79 Å². The predicted octanol–water partition coefficient (Wildman–Crippen LogP) is 3.63. The second-order valence-electron chi connectivity index (χ2n) is 7.02. The summed E-state index contributed by atoms with van der Waals surface area (Å²) in [5.41, 5.74) is 3.90. The van der Waals surface area contributed by atoms with Gasteiger partial charge in [0.15, 0.2) is 5.96 Å². The number of guanidine groups is 1. The third-order valence-corrected chi connectivity index (χ3v) is 4.46. The number of aromatic nitrogens is 2. The van der Waals surface area contributed by atoms with E-state index in [2.05, 4.69) is 32.7 Å². The molecule has 2 aromatic carbocycles. The second kappa shape index (κ2) is 10.2. The van der Waals surface area contributed by atoms with Gasteiger partial charge >= 0.3 is 0 Å². The molecule has 7 nitrogen and oxygen atoms in total. The summed E-state index contributed by atoms with van der Waals surface area (Å²) in [6, 6.07) is 17.9. The minimum atomic E-state index is -0.0861. The van der Waals surface area contributed by atoms with Crippen LogP contribution in [0.2, 0.25) is 0 Å². The fourth-order valence-corrected chi connectivity index (χ4v) is 3.09. The van der Waals surface area contributed by atoms with Crippen LogP contribution in [0.4, 0.5) is 5.69 Å². The van der Waals surface area contributed by atoms with Crippen LogP contribution in [0.25, 0.3) is 11.3 Å². The van der Waals surface area contributed by atoms with Crippen LogP contribution in [0.15, 0.2) is 65.8 Å². The molecule has 0 atom stereocenters. The van der Waals surface area contributed by atoms with E-state index in [4.69, 9.17) is 4.99 Å². The second-order valence-corrected chi connectivity index (χ2v) is 7.02. The van der Waals surface area contributed by atoms with Gasteiger partial charge in [-0.1, -0.05) is 42.5 Å². The van der Waals surface area contributed by atoms with Gasteiger partial charge in [-0.25, -0.2) is 9.98 Å². The largest absolute Gasteiger partial charge is 0.357 e. The Kier molecular flexibility index (Phi) is 7.21. The highest BCUT2D eigenvalue weighted by Crippen LogP contribution is 2.16. The van der Waals surface area contributed by atoms with Gasteiger partial charge in [0.1, 0.15) is 5.82 Å². The number of nitrogens with one attached hydrogen (secondary N) is 3. The minimum Gasteiger partial charge on any atom is -0.357 e. The van der Waals surface area contributed by atoms with Gasteiger partial charge in [-0.3, -0.25) is 4.79 Å². The Labute approximate surface area is 177 Å². The molecule has 7 heteroatoms. The number of rotatable bonds is 7. The first-order chi connectivity index (χ1) is 14.5. The van der Waals surface area contributed by atoms with Gasteiger partial charge in [0.25, 0.3) is 0 Å². The van der Waals surface area contributed by atoms with E-state index >= 15 is 0 Å². The maximum absolute atomic E-state index is 11.3. The normalized spacial score (nSPS) is 11.2. The molecule has 3 N–H and O–H groups in total. The summed E-state index contributed by atoms with van der Waals surface area (Å²) in [5.74, 6) is 1.58. The van der Waals surface area contributed by atoms with Crippen LogP contribution >= 0.6 is 0 Å². The van der Waals surface area contributed by atoms with Crippen molar-refractivity contribution in [2.75, 3.05) is 18.9 Å². The number of carbonyl (C=O) groups excluding carboxylic acids is 1. The van der Waals surface area contributed by atoms with E-state index in [1.54, 1.807) is 0 Å². The standard InChI is InChI=1S/C23H28N6O/c1-4-24-23(26-14-18-9-8-12-20(13-18)27-17(2)30)29(3)16-22-25-15-21(28-22)19-10-6-5-7-11-19/h5-13,15H,4,14,16H2,1-3H3,(H,24,26)(H,25,28)(H,27,30). The summed E-state index contributed by atoms with van der Waals surface area (Å²) < 4.78 is 0. The van der Waals surface area contributed by atoms with Gasteiger partial charge in [-0.15, -0.1) is 0 Å². The molecule has 3 aromatic rings. The zero-order valence-corrected chi connectivity index (χ0v) is 17.6. The van der Waals surface area contributed by atoms with Crippen LogP contribution < -0.4 is 10.6 Å². The molecule has 1 heterocycles. The van der Waals surface area contributed by atoms with Crippen LogP contribution in [-0.2, 0) is 17.9 Å². The van der Waals surface area contributed by atoms with Crippen LogP contribution in [0.1, 0.15) is 25.2 Å². The van der Waals surface area contributed by atoms with Crippen molar-refractivity contribution in [3.05, 3.63) is 72.2 Å². The van der Waals surface area contributed by atoms with Crippen molar-refractivity contribution >= 4 is 17.6 Å². The van der Waals surface area contributed by atoms with E-state index in [0.29, 0.717) is 13.1 Å². The third-order valence-electron chi connectivity index (χ3n) is 4.46. The van der Waals surface area contributed by atoms with Gasteiger partial charge in [-0.2, -0.15) is 0 Å². The van der Waals surface area contributed by atoms with Gasteiger partial charge in [0.2, 0.25) is 5.91 Å². The number of H-pyrrole nitrogens is 1. The number of hydrogen-bond donors (Lipinski definition) is 3. The van der Waals surface area contributed by atoms with E-state index < -0.39 is 0 Å². The van der Waals surface area contributed by atoms with E-state index in [1.807, 2.05) is 67.5 Å². The van der Waals surface area contributed by atoms with Crippen molar-refractivity contribution in [2.24, 2.45) is 4.99 Å². The predicted molar refractivity (Wildman–Crippen MR) is 121 cm³/mol. The molecule has 0 unspecified atom stereocenters. The molecule has 1 amide bonds. The molecule has 156 valence electrons. The van der Waals surface area contributed by atoms with Crippen LogP contribution in [0, 0.1) is 0 Å². The summed E-state index contributed by atoms with van der Waals surface area (Å²) >= 11 is 0. The lowest BCUT2D eigenvalue weighted by Crippen LogP contribution is -2.38. The SMILES string of the molecule is CCNC(=NCc1cccc(NC(C)=O)c1)N(C)Cc1ncc(-c2ccccc2)[nH]1. The van der Waals surface area contributed by atoms with Crippen molar-refractivity contribution in [1.29, 1.82) is 0 Å². The maximum Gasteiger partial charge on any atom is 0.221 e. The molecule has 30 heavy (non-hydrogen) atoms. The summed E-state index contributed by atoms with van der Waals surface area (Å²) in [5, 5.41) is 6.13. The first-order valence-electron chi connectivity index (χ1n) is 10.0. The number of nitrogens with zero attached hydrogens (tertiary/aromatic N) is 3. The topological polar surface area (TPSA) is 85.4 Å². The summed E-state index contributed by atoms with van der Waals surface area (Å²) in [4.78, 5) is 25.9. The summed E-state index contributed by atoms with van der Waals surface area (Å²) in [6.07, 6.45) is 1.86. The summed E-state index contributed by atoms with van der Waals surface area (Å²) in [7, 11) is 1.99. The Morgan fingerprint density at radius 3 is 2.70 bits per heavy atom. The van der Waals surface area contributed by atoms with E-state index in [-0.39, 0.29) is 5.91 Å². The van der Waals surface area contributed by atoms with E-state index in [9.17, 15) is 4.79 Å². The Morgan fingerprint density at radius 2 is 1.97 bits per heavy atom. The number of aromatic amines is 1. The number of aliphatic imine (C=N–C) groups is 1. The van der Waals surface area contributed by atoms with Crippen molar-refractivity contribution in [3.8, 4) is 11.3 Å². The first kappa shape index (κ1) is 21.1. The molecule has 0 fully saturated rings. The number of amides is 1. The molecule has 0 aliphatic carbocycles. The smallest absolute Gasteiger partial charge is 0.221 e. The number of benzene rings is 2. The molecule has 0 aliphatic heterocycles. The zero-order chi connectivity index (χ0) is 21.3. The molecule has 1 aromatic heterocycles. The lowest BCUT2D eigenvalue weighted by atomic mass is 10.2. The van der Waals surface area contributed by atoms with Crippen molar-refractivity contribution in [1.82, 2.24) is 20.2 Å². The molecule has 0 saturated heterocycles. The maximum atomic E-state index is 11.3. The molecule has 0 radical (unpaired) electrons. The quantitative estimate of drug-likeness (QED) is 0.415. The zero-order valence-electron chi connectivity index (χ0n) is 17.6. The van der Waals surface area contributed by atoms with Crippen LogP contribution in [-0.4, -0.2) is 40.3 Å². The molecule has 0 aliphatic rings. The highest BCUT2D eigenvalue weighted by molar-refractivity contribution is 5.88. The first-order valence-corrected chi connectivity index (χ1v) is 10.0. The molecular formula is C23H28N6O. The van der Waals surface area contributed by atoms with E-state index in [0.717, 1.165) is 40.8 Å². The number of carbonyl (C=O) groups is 1. The lowest BCUT2D eigenvalue weighted by Gasteiger charge is -2.21. The average Bonchev–Trinajstić information content (AvgIpc) is 3.20. The molecule has 0 saturated carbocycles. The van der Waals surface area contributed by atoms with Gasteiger partial charge in [0, 0.05) is 26.2 Å². The lowest BCUT2D eigenvalue weighted by molar-refractivity contribution is -0.114. The molecule has 0 spiro atoms. The summed E-state index contributed by atoms with van der Waals surface area (Å²) in [6.45, 7) is 5.42. The third kappa shape index (κ3) is 5.94. The molecule has 3 rings (SSSR count). The Bertz CT molecular complexity index is 996. The molecule has 0 bridgehead atoms. The highest BCUT2D eigenvalue weighted by atomic mass is 16.1. The van der Waals surface area contributed by atoms with Gasteiger partial charge in [-0.05, 0) is 30.2 Å². The Morgan fingerprint density at radius 1 is 1.17 bits per heavy atom. The van der Waals surface area contributed by atoms with Crippen molar-refractivity contribution in [2.45, 2.75) is 26.9 Å². The minimum absolute atomic E-state index is 0.0861. The van der Waals surface area contributed by atoms with E-state index in [1.165, 1.54) is 6.92 Å². The Hall–Kier alpha value is -3.61. The van der Waals surface area contributed by atoms with Crippen LogP contribution in [0.3, 0.4) is 0 Å². The number of anilines is 1. The monoisotopic (exact) mass is 404 g/mol. The van der Waals surface area contributed by atoms with Crippen molar-refractivity contribution in [3.63, 3.8) is 0 Å². The number of imidazole rings is 1. The Balaban J connectivity index is 1.68. The van der Waals surface area contributed by atoms with Crippen LogP contribution in [0.5, 0.6) is 0 Å². The highest BCUT2D eigenvalue weighted by Gasteiger charge is 2.10. The fraction of sp³-hybridized carbons (Fsp3) is 0.261. The number of hydrogen-bond acceptors (Lipinski definition) is 3.